The topological polar surface area (TPSA) is 278 Å². The van der Waals surface area contributed by atoms with E-state index in [9.17, 15) is 28.8 Å². The van der Waals surface area contributed by atoms with Gasteiger partial charge in [-0.25, -0.2) is 4.79 Å². The summed E-state index contributed by atoms with van der Waals surface area (Å²) >= 11 is 0. The molecule has 0 bridgehead atoms. The van der Waals surface area contributed by atoms with Crippen molar-refractivity contribution in [1.29, 1.82) is 5.41 Å². The predicted molar refractivity (Wildman–Crippen MR) is 246 cm³/mol. The Morgan fingerprint density at radius 1 is 0.734 bits per heavy atom. The second kappa shape index (κ2) is 23.5. The summed E-state index contributed by atoms with van der Waals surface area (Å²) in [7, 11) is 0. The maximum atomic E-state index is 14.7. The number of nitrogens with one attached hydrogen (secondary N) is 9. The average Bonchev–Trinajstić information content (AvgIpc) is 3.70. The molecule has 64 heavy (non-hydrogen) atoms. The Labute approximate surface area is 373 Å². The van der Waals surface area contributed by atoms with Gasteiger partial charge in [0.05, 0.1) is 0 Å². The van der Waals surface area contributed by atoms with Crippen LogP contribution in [0.3, 0.4) is 0 Å². The molecule has 3 aromatic carbocycles. The third kappa shape index (κ3) is 13.8. The number of hydrogen-bond acceptors (Lipinski definition) is 7. The zero-order valence-electron chi connectivity index (χ0n) is 36.6. The van der Waals surface area contributed by atoms with Crippen LogP contribution in [0.25, 0.3) is 10.9 Å². The van der Waals surface area contributed by atoms with E-state index < -0.39 is 65.3 Å². The molecule has 0 radical (unpaired) electrons. The van der Waals surface area contributed by atoms with E-state index in [1.165, 1.54) is 6.92 Å². The molecular formula is C47H63N11O6. The Kier molecular flexibility index (Phi) is 17.7. The molecule has 17 nitrogen and oxygen atoms in total. The molecule has 0 saturated heterocycles. The molecular weight excluding hydrogens is 815 g/mol. The van der Waals surface area contributed by atoms with E-state index in [0.29, 0.717) is 32.2 Å². The highest BCUT2D eigenvalue weighted by atomic mass is 16.2. The molecule has 0 unspecified atom stereocenters. The molecule has 17 heteroatoms. The van der Waals surface area contributed by atoms with Crippen molar-refractivity contribution < 1.29 is 28.8 Å². The number of guanidine groups is 1. The monoisotopic (exact) mass is 877 g/mol. The summed E-state index contributed by atoms with van der Waals surface area (Å²) in [6.07, 6.45) is 5.66. The van der Waals surface area contributed by atoms with E-state index in [2.05, 4.69) is 54.3 Å². The lowest BCUT2D eigenvalue weighted by atomic mass is 9.73. The second-order valence-electron chi connectivity index (χ2n) is 16.5. The quantitative estimate of drug-likeness (QED) is 0.0317. The van der Waals surface area contributed by atoms with Crippen LogP contribution in [0.2, 0.25) is 0 Å². The zero-order chi connectivity index (χ0) is 46.1. The fourth-order valence-electron chi connectivity index (χ4n) is 8.03. The number of para-hydroxylation sites is 1. The molecule has 0 spiro atoms. The van der Waals surface area contributed by atoms with Crippen molar-refractivity contribution in [3.8, 4) is 0 Å². The van der Waals surface area contributed by atoms with E-state index in [0.717, 1.165) is 40.4 Å². The number of benzene rings is 3. The van der Waals surface area contributed by atoms with Gasteiger partial charge in [-0.1, -0.05) is 92.2 Å². The lowest BCUT2D eigenvalue weighted by molar-refractivity contribution is -0.135. The number of H-pyrrole nitrogens is 1. The van der Waals surface area contributed by atoms with Crippen molar-refractivity contribution in [3.05, 3.63) is 108 Å². The van der Waals surface area contributed by atoms with Gasteiger partial charge in [0.25, 0.3) is 0 Å². The first-order chi connectivity index (χ1) is 30.8. The van der Waals surface area contributed by atoms with Crippen LogP contribution in [-0.4, -0.2) is 89.3 Å². The summed E-state index contributed by atoms with van der Waals surface area (Å²) in [5, 5.41) is 28.2. The summed E-state index contributed by atoms with van der Waals surface area (Å²) < 4.78 is 0. The Bertz CT molecular complexity index is 2210. The van der Waals surface area contributed by atoms with E-state index in [4.69, 9.17) is 16.9 Å². The highest BCUT2D eigenvalue weighted by Crippen LogP contribution is 2.38. The lowest BCUT2D eigenvalue weighted by Gasteiger charge is -2.40. The van der Waals surface area contributed by atoms with Crippen molar-refractivity contribution in [2.24, 2.45) is 11.5 Å². The van der Waals surface area contributed by atoms with Gasteiger partial charge in [-0.05, 0) is 80.5 Å². The number of carbonyl (C=O) groups excluding carboxylic acids is 6. The molecule has 4 atom stereocenters. The summed E-state index contributed by atoms with van der Waals surface area (Å²) in [6.45, 7) is 4.09. The number of rotatable bonds is 22. The van der Waals surface area contributed by atoms with E-state index in [1.54, 1.807) is 6.20 Å². The maximum Gasteiger partial charge on any atom is 0.315 e. The Hall–Kier alpha value is -6.91. The van der Waals surface area contributed by atoms with Gasteiger partial charge in [0.15, 0.2) is 5.96 Å². The first kappa shape index (κ1) is 48.1. The molecule has 1 fully saturated rings. The van der Waals surface area contributed by atoms with Crippen LogP contribution in [-0.2, 0) is 36.8 Å². The number of aromatic nitrogens is 1. The van der Waals surface area contributed by atoms with Crippen LogP contribution in [0, 0.1) is 5.41 Å². The minimum Gasteiger partial charge on any atom is -0.370 e. The van der Waals surface area contributed by atoms with Gasteiger partial charge in [-0.3, -0.25) is 29.4 Å². The molecule has 1 heterocycles. The van der Waals surface area contributed by atoms with Crippen molar-refractivity contribution in [2.45, 2.75) is 114 Å². The standard InChI is InChI=1S/C47H63N11O6/c1-3-4-25-52-46(64)58-47(23-21-33(22-24-47)32-16-9-6-10-17-32)44(63)57-38(27-31-14-7-5-8-15-31)43(62)55-37(20-13-26-51-45(49)50)41(60)56-39(42(61)54-30(2)40(48)59)28-34-29-53-36-19-12-11-18-35(34)36/h5-12,14-19,29-30,33,37-39,53H,3-4,13,20-28H2,1-2H3,(H2,48,59)(H,54,61)(H,55,62)(H,56,60)(H,57,63)(H4,49,50,51)(H2,52,58,64)/t30-,33-,37-,38+,39-,47+/m0/s1. The zero-order valence-corrected chi connectivity index (χ0v) is 36.6. The van der Waals surface area contributed by atoms with Crippen LogP contribution in [0.5, 0.6) is 0 Å². The van der Waals surface area contributed by atoms with Crippen molar-refractivity contribution in [1.82, 2.24) is 42.2 Å². The lowest BCUT2D eigenvalue weighted by Crippen LogP contribution is -2.65. The predicted octanol–water partition coefficient (Wildman–Crippen LogP) is 2.86. The van der Waals surface area contributed by atoms with Crippen molar-refractivity contribution >= 4 is 52.4 Å². The Morgan fingerprint density at radius 3 is 2.00 bits per heavy atom. The highest BCUT2D eigenvalue weighted by Gasteiger charge is 2.45. The summed E-state index contributed by atoms with van der Waals surface area (Å²) in [5.41, 5.74) is 13.1. The second-order valence-corrected chi connectivity index (χ2v) is 16.5. The third-order valence-electron chi connectivity index (χ3n) is 11.8. The van der Waals surface area contributed by atoms with Crippen LogP contribution in [0.4, 0.5) is 4.79 Å². The number of nitrogens with two attached hydrogens (primary N) is 2. The minimum atomic E-state index is -1.34. The van der Waals surface area contributed by atoms with E-state index in [1.807, 2.05) is 79.7 Å². The van der Waals surface area contributed by atoms with Gasteiger partial charge >= 0.3 is 6.03 Å². The number of hydrogen-bond donors (Lipinski definition) is 11. The normalized spacial score (nSPS) is 17.7. The first-order valence-electron chi connectivity index (χ1n) is 22.1. The number of aromatic amines is 1. The Balaban J connectivity index is 1.42. The largest absolute Gasteiger partial charge is 0.370 e. The minimum absolute atomic E-state index is 0.0263. The van der Waals surface area contributed by atoms with Crippen LogP contribution in [0.15, 0.2) is 91.1 Å². The maximum absolute atomic E-state index is 14.7. The Morgan fingerprint density at radius 2 is 1.33 bits per heavy atom. The summed E-state index contributed by atoms with van der Waals surface area (Å²) in [4.78, 5) is 85.9. The van der Waals surface area contributed by atoms with Gasteiger partial charge in [0.1, 0.15) is 29.7 Å². The van der Waals surface area contributed by atoms with Crippen molar-refractivity contribution in [3.63, 3.8) is 0 Å². The van der Waals surface area contributed by atoms with Crippen LogP contribution in [0.1, 0.15) is 87.8 Å². The molecule has 7 amide bonds. The molecule has 1 saturated carbocycles. The number of primary amides is 1. The molecule has 0 aliphatic heterocycles. The molecule has 342 valence electrons. The SMILES string of the molecule is CCCCNC(=O)N[C@]1(C(=O)N[C@H](Cc2ccccc2)C(=O)N[C@@H](CCCNC(=N)N)C(=O)N[C@@H](Cc2c[nH]c3ccccc23)C(=O)N[C@@H](C)C(N)=O)CC[C@H](c2ccccc2)CC1. The number of fused-ring (bicyclic) bond motifs is 1. The van der Waals surface area contributed by atoms with Crippen molar-refractivity contribution in [2.75, 3.05) is 13.1 Å². The molecule has 13 N–H and O–H groups in total. The van der Waals surface area contributed by atoms with Gasteiger partial charge in [-0.2, -0.15) is 0 Å². The van der Waals surface area contributed by atoms with Gasteiger partial charge in [0.2, 0.25) is 29.5 Å². The molecule has 5 rings (SSSR count). The summed E-state index contributed by atoms with van der Waals surface area (Å²) in [6, 6.07) is 21.5. The molecule has 1 aromatic heterocycles. The van der Waals surface area contributed by atoms with Crippen LogP contribution < -0.4 is 48.7 Å². The highest BCUT2D eigenvalue weighted by molar-refractivity contribution is 5.98. The number of urea groups is 1. The summed E-state index contributed by atoms with van der Waals surface area (Å²) in [5.74, 6) is -3.42. The number of carbonyl (C=O) groups is 6. The van der Waals surface area contributed by atoms with Gasteiger partial charge in [-0.15, -0.1) is 0 Å². The smallest absolute Gasteiger partial charge is 0.315 e. The van der Waals surface area contributed by atoms with Crippen LogP contribution >= 0.6 is 0 Å². The fraction of sp³-hybridized carbons (Fsp3) is 0.426. The fourth-order valence-corrected chi connectivity index (χ4v) is 8.03. The number of amides is 7. The van der Waals surface area contributed by atoms with Gasteiger partial charge in [0, 0.05) is 43.0 Å². The molecule has 1 aliphatic rings. The molecule has 4 aromatic rings. The first-order valence-corrected chi connectivity index (χ1v) is 22.1. The average molecular weight is 878 g/mol. The van der Waals surface area contributed by atoms with E-state index >= 15 is 0 Å². The number of unbranched alkanes of at least 4 members (excludes halogenated alkanes) is 1. The molecule has 1 aliphatic carbocycles. The van der Waals surface area contributed by atoms with Gasteiger partial charge < -0.3 is 53.7 Å². The van der Waals surface area contributed by atoms with E-state index in [-0.39, 0.29) is 44.1 Å². The third-order valence-corrected chi connectivity index (χ3v) is 11.8.